The molecule has 2 heterocycles. The second kappa shape index (κ2) is 8.59. The number of carbonyl (C=O) groups is 1. The van der Waals surface area contributed by atoms with Gasteiger partial charge in [-0.05, 0) is 34.7 Å². The maximum atomic E-state index is 13.0. The maximum absolute atomic E-state index is 13.0. The summed E-state index contributed by atoms with van der Waals surface area (Å²) in [6, 6.07) is 21.3. The first-order valence-electron chi connectivity index (χ1n) is 9.04. The van der Waals surface area contributed by atoms with Crippen LogP contribution in [0.15, 0.2) is 77.3 Å². The summed E-state index contributed by atoms with van der Waals surface area (Å²) in [5.74, 6) is 0.0161. The van der Waals surface area contributed by atoms with E-state index >= 15 is 0 Å². The van der Waals surface area contributed by atoms with Crippen LogP contribution >= 0.6 is 22.9 Å². The van der Waals surface area contributed by atoms with Gasteiger partial charge in [-0.2, -0.15) is 0 Å². The van der Waals surface area contributed by atoms with E-state index in [1.54, 1.807) is 0 Å². The maximum Gasteiger partial charge on any atom is 0.264 e. The lowest BCUT2D eigenvalue weighted by Crippen LogP contribution is -2.37. The zero-order valence-electron chi connectivity index (χ0n) is 15.1. The third kappa shape index (κ3) is 4.43. The lowest BCUT2D eigenvalue weighted by atomic mass is 10.0. The van der Waals surface area contributed by atoms with Gasteiger partial charge in [0, 0.05) is 18.0 Å². The van der Waals surface area contributed by atoms with Gasteiger partial charge in [0.1, 0.15) is 0 Å². The fourth-order valence-electron chi connectivity index (χ4n) is 3.16. The van der Waals surface area contributed by atoms with Gasteiger partial charge >= 0.3 is 0 Å². The number of rotatable bonds is 6. The van der Waals surface area contributed by atoms with E-state index in [9.17, 15) is 4.79 Å². The molecule has 3 aromatic rings. The van der Waals surface area contributed by atoms with E-state index in [2.05, 4.69) is 5.16 Å². The molecule has 1 amide bonds. The fourth-order valence-corrected chi connectivity index (χ4v) is 3.98. The van der Waals surface area contributed by atoms with E-state index in [1.807, 2.05) is 77.0 Å². The number of nitrogens with zero attached hydrogens (tertiary/aromatic N) is 2. The lowest BCUT2D eigenvalue weighted by molar-refractivity contribution is 0.0408. The van der Waals surface area contributed by atoms with Crippen LogP contribution in [-0.2, 0) is 11.4 Å². The van der Waals surface area contributed by atoms with Crippen LogP contribution in [0.25, 0.3) is 0 Å². The third-order valence-electron chi connectivity index (χ3n) is 4.57. The molecule has 0 spiro atoms. The predicted molar refractivity (Wildman–Crippen MR) is 113 cm³/mol. The molecular weight excluding hydrogens is 392 g/mol. The second-order valence-electron chi connectivity index (χ2n) is 6.62. The summed E-state index contributed by atoms with van der Waals surface area (Å²) in [6.45, 7) is 1.01. The van der Waals surface area contributed by atoms with Crippen molar-refractivity contribution in [3.63, 3.8) is 0 Å². The summed E-state index contributed by atoms with van der Waals surface area (Å²) in [7, 11) is 0. The third-order valence-corrected chi connectivity index (χ3v) is 5.68. The molecule has 1 aliphatic heterocycles. The molecule has 0 saturated heterocycles. The highest BCUT2D eigenvalue weighted by molar-refractivity contribution is 7.12. The average Bonchev–Trinajstić information content (AvgIpc) is 3.41. The molecule has 0 unspecified atom stereocenters. The Balaban J connectivity index is 1.47. The van der Waals surface area contributed by atoms with Crippen LogP contribution in [0, 0.1) is 0 Å². The Morgan fingerprint density at radius 2 is 1.89 bits per heavy atom. The smallest absolute Gasteiger partial charge is 0.264 e. The summed E-state index contributed by atoms with van der Waals surface area (Å²) >= 11 is 7.42. The average molecular weight is 411 g/mol. The van der Waals surface area contributed by atoms with Crippen LogP contribution in [0.3, 0.4) is 0 Å². The van der Waals surface area contributed by atoms with Gasteiger partial charge < -0.3 is 9.74 Å². The molecule has 1 atom stereocenters. The van der Waals surface area contributed by atoms with Crippen LogP contribution in [0.4, 0.5) is 0 Å². The molecule has 0 aliphatic carbocycles. The zero-order chi connectivity index (χ0) is 19.3. The topological polar surface area (TPSA) is 41.9 Å². The number of thiophene rings is 1. The molecule has 0 saturated carbocycles. The van der Waals surface area contributed by atoms with Gasteiger partial charge in [0.2, 0.25) is 0 Å². The van der Waals surface area contributed by atoms with Crippen molar-refractivity contribution < 1.29 is 9.63 Å². The summed E-state index contributed by atoms with van der Waals surface area (Å²) in [5.41, 5.74) is 2.96. The van der Waals surface area contributed by atoms with Crippen molar-refractivity contribution in [2.24, 2.45) is 5.16 Å². The van der Waals surface area contributed by atoms with Crippen LogP contribution < -0.4 is 0 Å². The molecule has 4 rings (SSSR count). The Bertz CT molecular complexity index is 956. The number of carbonyl (C=O) groups excluding carboxylic acids is 1. The number of hydrogen-bond donors (Lipinski definition) is 0. The molecule has 2 aromatic carbocycles. The Labute approximate surface area is 173 Å². The Morgan fingerprint density at radius 1 is 1.11 bits per heavy atom. The Hall–Kier alpha value is -2.63. The number of halogens is 1. The van der Waals surface area contributed by atoms with Gasteiger partial charge in [-0.3, -0.25) is 4.79 Å². The van der Waals surface area contributed by atoms with Gasteiger partial charge in [-0.25, -0.2) is 0 Å². The van der Waals surface area contributed by atoms with Gasteiger partial charge in [0.15, 0.2) is 6.10 Å². The van der Waals surface area contributed by atoms with Gasteiger partial charge in [-0.15, -0.1) is 11.3 Å². The van der Waals surface area contributed by atoms with Crippen molar-refractivity contribution in [3.05, 3.63) is 93.1 Å². The van der Waals surface area contributed by atoms with Crippen LogP contribution in [0.2, 0.25) is 5.02 Å². The van der Waals surface area contributed by atoms with Crippen LogP contribution in [0.5, 0.6) is 0 Å². The van der Waals surface area contributed by atoms with Crippen molar-refractivity contribution in [2.45, 2.75) is 19.1 Å². The molecule has 1 aliphatic rings. The van der Waals surface area contributed by atoms with Crippen LogP contribution in [0.1, 0.15) is 27.2 Å². The first kappa shape index (κ1) is 18.7. The van der Waals surface area contributed by atoms with Crippen LogP contribution in [-0.4, -0.2) is 29.2 Å². The second-order valence-corrected chi connectivity index (χ2v) is 8.01. The van der Waals surface area contributed by atoms with Crippen molar-refractivity contribution >= 4 is 34.6 Å². The van der Waals surface area contributed by atoms with Crippen molar-refractivity contribution in [2.75, 3.05) is 6.54 Å². The molecular formula is C22H19ClN2O2S. The Kier molecular flexibility index (Phi) is 5.74. The molecule has 1 aromatic heterocycles. The van der Waals surface area contributed by atoms with Gasteiger partial charge in [-0.1, -0.05) is 65.3 Å². The summed E-state index contributed by atoms with van der Waals surface area (Å²) in [5, 5.41) is 6.85. The monoisotopic (exact) mass is 410 g/mol. The summed E-state index contributed by atoms with van der Waals surface area (Å²) in [6.07, 6.45) is 0.489. The highest BCUT2D eigenvalue weighted by Gasteiger charge is 2.27. The van der Waals surface area contributed by atoms with Gasteiger partial charge in [0.05, 0.1) is 17.1 Å². The van der Waals surface area contributed by atoms with E-state index in [0.717, 1.165) is 21.7 Å². The zero-order valence-corrected chi connectivity index (χ0v) is 16.7. The number of benzene rings is 2. The Morgan fingerprint density at radius 3 is 2.61 bits per heavy atom. The fraction of sp³-hybridized carbons (Fsp3) is 0.182. The minimum absolute atomic E-state index is 0.0161. The largest absolute Gasteiger partial charge is 0.390 e. The quantitative estimate of drug-likeness (QED) is 0.557. The number of oxime groups is 1. The first-order valence-corrected chi connectivity index (χ1v) is 10.3. The minimum Gasteiger partial charge on any atom is -0.390 e. The van der Waals surface area contributed by atoms with E-state index in [1.165, 1.54) is 11.3 Å². The normalized spacial score (nSPS) is 15.8. The molecule has 0 N–H and O–H groups in total. The van der Waals surface area contributed by atoms with Crippen molar-refractivity contribution in [1.82, 2.24) is 4.90 Å². The number of amides is 1. The molecule has 6 heteroatoms. The summed E-state index contributed by atoms with van der Waals surface area (Å²) < 4.78 is 0. The predicted octanol–water partition coefficient (Wildman–Crippen LogP) is 5.24. The first-order chi connectivity index (χ1) is 13.7. The van der Waals surface area contributed by atoms with Crippen molar-refractivity contribution in [1.29, 1.82) is 0 Å². The molecule has 0 bridgehead atoms. The minimum atomic E-state index is -0.168. The van der Waals surface area contributed by atoms with E-state index < -0.39 is 0 Å². The number of hydrogen-bond acceptors (Lipinski definition) is 4. The standard InChI is InChI=1S/C22H19ClN2O2S/c23-18-10-8-17(9-11-18)20-13-19(27-24-20)15-25(14-16-5-2-1-3-6-16)22(26)21-7-4-12-28-21/h1-12,19H,13-15H2/t19-/m0/s1. The summed E-state index contributed by atoms with van der Waals surface area (Å²) in [4.78, 5) is 21.2. The van der Waals surface area contributed by atoms with E-state index in [-0.39, 0.29) is 12.0 Å². The molecule has 142 valence electrons. The van der Waals surface area contributed by atoms with E-state index in [4.69, 9.17) is 16.4 Å². The van der Waals surface area contributed by atoms with Crippen molar-refractivity contribution in [3.8, 4) is 0 Å². The highest BCUT2D eigenvalue weighted by atomic mass is 35.5. The van der Waals surface area contributed by atoms with Gasteiger partial charge in [0.25, 0.3) is 5.91 Å². The molecule has 4 nitrogen and oxygen atoms in total. The SMILES string of the molecule is O=C(c1cccs1)N(Cc1ccccc1)C[C@@H]1CC(c2ccc(Cl)cc2)=NO1. The molecule has 0 fully saturated rings. The van der Waals surface area contributed by atoms with E-state index in [0.29, 0.717) is 24.5 Å². The molecule has 0 radical (unpaired) electrons. The molecule has 28 heavy (non-hydrogen) atoms. The highest BCUT2D eigenvalue weighted by Crippen LogP contribution is 2.22. The lowest BCUT2D eigenvalue weighted by Gasteiger charge is -2.24.